The fourth-order valence-electron chi connectivity index (χ4n) is 4.05. The van der Waals surface area contributed by atoms with Gasteiger partial charge in [-0.15, -0.1) is 0 Å². The fraction of sp³-hybridized carbons (Fsp3) is 0.500. The SMILES string of the molecule is CCCc1cc(=O)oc2c3c(c4c(c12)OC(C)(C)C=C4)O[C@@H](C)[C@H](C)[C@@H]3N. The molecule has 0 fully saturated rings. The highest BCUT2D eigenvalue weighted by Crippen LogP contribution is 2.51. The maximum absolute atomic E-state index is 12.3. The molecule has 4 rings (SSSR count). The number of rotatable bonds is 2. The van der Waals surface area contributed by atoms with E-state index in [1.54, 1.807) is 6.07 Å². The van der Waals surface area contributed by atoms with Gasteiger partial charge in [0.1, 0.15) is 23.2 Å². The van der Waals surface area contributed by atoms with Crippen LogP contribution in [0.4, 0.5) is 0 Å². The van der Waals surface area contributed by atoms with E-state index in [0.717, 1.165) is 40.7 Å². The summed E-state index contributed by atoms with van der Waals surface area (Å²) in [5, 5.41) is 0.850. The van der Waals surface area contributed by atoms with Gasteiger partial charge in [-0.25, -0.2) is 4.79 Å². The summed E-state index contributed by atoms with van der Waals surface area (Å²) in [6, 6.07) is 1.30. The van der Waals surface area contributed by atoms with Crippen molar-refractivity contribution in [3.05, 3.63) is 39.3 Å². The van der Waals surface area contributed by atoms with E-state index in [4.69, 9.17) is 19.6 Å². The average molecular weight is 369 g/mol. The first-order chi connectivity index (χ1) is 12.7. The van der Waals surface area contributed by atoms with Gasteiger partial charge in [-0.1, -0.05) is 20.3 Å². The van der Waals surface area contributed by atoms with Gasteiger partial charge in [-0.3, -0.25) is 0 Å². The van der Waals surface area contributed by atoms with Crippen LogP contribution in [0.2, 0.25) is 0 Å². The molecule has 1 aromatic carbocycles. The van der Waals surface area contributed by atoms with Crippen LogP contribution in [0.15, 0.2) is 21.4 Å². The molecule has 5 nitrogen and oxygen atoms in total. The molecule has 0 aliphatic carbocycles. The summed E-state index contributed by atoms with van der Waals surface area (Å²) in [5.41, 5.74) is 8.89. The van der Waals surface area contributed by atoms with Crippen molar-refractivity contribution in [3.63, 3.8) is 0 Å². The predicted molar refractivity (Wildman–Crippen MR) is 106 cm³/mol. The first kappa shape index (κ1) is 18.1. The Morgan fingerprint density at radius 1 is 1.22 bits per heavy atom. The van der Waals surface area contributed by atoms with Gasteiger partial charge in [0.05, 0.1) is 16.5 Å². The van der Waals surface area contributed by atoms with Crippen molar-refractivity contribution in [1.29, 1.82) is 0 Å². The molecule has 0 radical (unpaired) electrons. The average Bonchev–Trinajstić information content (AvgIpc) is 2.58. The lowest BCUT2D eigenvalue weighted by molar-refractivity contribution is 0.115. The van der Waals surface area contributed by atoms with Crippen LogP contribution in [-0.2, 0) is 6.42 Å². The number of hydrogen-bond acceptors (Lipinski definition) is 5. The minimum atomic E-state index is -0.455. The summed E-state index contributed by atoms with van der Waals surface area (Å²) < 4.78 is 18.3. The molecule has 0 amide bonds. The highest BCUT2D eigenvalue weighted by atomic mass is 16.5. The lowest BCUT2D eigenvalue weighted by Gasteiger charge is -2.38. The van der Waals surface area contributed by atoms with Gasteiger partial charge in [-0.05, 0) is 44.9 Å². The standard InChI is InChI=1S/C22H27NO4/c1-6-7-13-10-15(24)26-21-16(13)20-14(8-9-22(4,5)27-20)19-17(21)18(23)11(2)12(3)25-19/h8-12,18H,6-7,23H2,1-5H3/t11-,12-,18-/m0/s1. The molecular formula is C22H27NO4. The summed E-state index contributed by atoms with van der Waals surface area (Å²) in [7, 11) is 0. The largest absolute Gasteiger partial charge is 0.489 e. The summed E-state index contributed by atoms with van der Waals surface area (Å²) >= 11 is 0. The highest BCUT2D eigenvalue weighted by molar-refractivity contribution is 5.97. The van der Waals surface area contributed by atoms with Crippen molar-refractivity contribution < 1.29 is 13.9 Å². The van der Waals surface area contributed by atoms with Crippen LogP contribution in [0.3, 0.4) is 0 Å². The Morgan fingerprint density at radius 3 is 2.67 bits per heavy atom. The molecular weight excluding hydrogens is 342 g/mol. The maximum atomic E-state index is 12.3. The van der Waals surface area contributed by atoms with Crippen molar-refractivity contribution in [2.24, 2.45) is 11.7 Å². The second kappa shape index (κ2) is 6.13. The van der Waals surface area contributed by atoms with Gasteiger partial charge < -0.3 is 19.6 Å². The van der Waals surface area contributed by atoms with E-state index >= 15 is 0 Å². The third kappa shape index (κ3) is 2.76. The van der Waals surface area contributed by atoms with Crippen LogP contribution in [0.1, 0.15) is 63.8 Å². The van der Waals surface area contributed by atoms with Gasteiger partial charge >= 0.3 is 5.63 Å². The van der Waals surface area contributed by atoms with E-state index in [-0.39, 0.29) is 23.7 Å². The molecule has 144 valence electrons. The van der Waals surface area contributed by atoms with Crippen molar-refractivity contribution in [2.75, 3.05) is 0 Å². The second-order valence-corrected chi connectivity index (χ2v) is 8.28. The molecule has 2 aliphatic rings. The van der Waals surface area contributed by atoms with E-state index in [1.165, 1.54) is 0 Å². The number of fused-ring (bicyclic) bond motifs is 6. The van der Waals surface area contributed by atoms with Crippen LogP contribution >= 0.6 is 0 Å². The number of ether oxygens (including phenoxy) is 2. The van der Waals surface area contributed by atoms with Crippen LogP contribution in [0.5, 0.6) is 11.5 Å². The molecule has 0 unspecified atom stereocenters. The summed E-state index contributed by atoms with van der Waals surface area (Å²) in [6.45, 7) is 10.2. The zero-order chi connectivity index (χ0) is 19.5. The van der Waals surface area contributed by atoms with Crippen LogP contribution in [-0.4, -0.2) is 11.7 Å². The Labute approximate surface area is 159 Å². The van der Waals surface area contributed by atoms with Crippen molar-refractivity contribution in [2.45, 2.75) is 65.2 Å². The minimum Gasteiger partial charge on any atom is -0.489 e. The number of nitrogens with two attached hydrogens (primary N) is 1. The van der Waals surface area contributed by atoms with E-state index in [2.05, 4.69) is 13.8 Å². The summed E-state index contributed by atoms with van der Waals surface area (Å²) in [4.78, 5) is 12.3. The smallest absolute Gasteiger partial charge is 0.336 e. The van der Waals surface area contributed by atoms with Crippen molar-refractivity contribution in [3.8, 4) is 11.5 Å². The molecule has 3 atom stereocenters. The molecule has 0 spiro atoms. The number of hydrogen-bond donors (Lipinski definition) is 1. The Bertz CT molecular complexity index is 1000. The second-order valence-electron chi connectivity index (χ2n) is 8.28. The maximum Gasteiger partial charge on any atom is 0.336 e. The van der Waals surface area contributed by atoms with E-state index in [9.17, 15) is 4.79 Å². The third-order valence-corrected chi connectivity index (χ3v) is 5.73. The molecule has 0 saturated heterocycles. The molecule has 2 N–H and O–H groups in total. The number of aryl methyl sites for hydroxylation is 1. The Hall–Kier alpha value is -2.27. The zero-order valence-corrected chi connectivity index (χ0v) is 16.6. The predicted octanol–water partition coefficient (Wildman–Crippen LogP) is 4.35. The molecule has 0 bridgehead atoms. The third-order valence-electron chi connectivity index (χ3n) is 5.73. The first-order valence-electron chi connectivity index (χ1n) is 9.70. The van der Waals surface area contributed by atoms with Crippen molar-refractivity contribution in [1.82, 2.24) is 0 Å². The molecule has 5 heteroatoms. The lowest BCUT2D eigenvalue weighted by atomic mass is 9.83. The monoisotopic (exact) mass is 369 g/mol. The van der Waals surface area contributed by atoms with E-state index in [1.807, 2.05) is 32.9 Å². The summed E-state index contributed by atoms with van der Waals surface area (Å²) in [5.74, 6) is 1.50. The Kier molecular flexibility index (Phi) is 4.11. The molecule has 0 saturated carbocycles. The number of benzene rings is 1. The van der Waals surface area contributed by atoms with Crippen molar-refractivity contribution >= 4 is 17.0 Å². The fourth-order valence-corrected chi connectivity index (χ4v) is 4.05. The van der Waals surface area contributed by atoms with Crippen LogP contribution in [0.25, 0.3) is 17.0 Å². The molecule has 2 aromatic rings. The molecule has 3 heterocycles. The summed E-state index contributed by atoms with van der Waals surface area (Å²) in [6.07, 6.45) is 5.72. The van der Waals surface area contributed by atoms with E-state index < -0.39 is 5.60 Å². The molecule has 1 aromatic heterocycles. The van der Waals surface area contributed by atoms with Gasteiger partial charge in [-0.2, -0.15) is 0 Å². The molecule has 27 heavy (non-hydrogen) atoms. The van der Waals surface area contributed by atoms with Crippen LogP contribution in [0, 0.1) is 5.92 Å². The first-order valence-corrected chi connectivity index (χ1v) is 9.70. The lowest BCUT2D eigenvalue weighted by Crippen LogP contribution is -2.37. The van der Waals surface area contributed by atoms with Gasteiger partial charge in [0.25, 0.3) is 0 Å². The Morgan fingerprint density at radius 2 is 1.96 bits per heavy atom. The Balaban J connectivity index is 2.17. The highest BCUT2D eigenvalue weighted by Gasteiger charge is 2.39. The minimum absolute atomic E-state index is 0.0390. The van der Waals surface area contributed by atoms with Crippen LogP contribution < -0.4 is 20.8 Å². The quantitative estimate of drug-likeness (QED) is 0.797. The van der Waals surface area contributed by atoms with E-state index in [0.29, 0.717) is 11.3 Å². The topological polar surface area (TPSA) is 74.7 Å². The van der Waals surface area contributed by atoms with Gasteiger partial charge in [0, 0.05) is 18.0 Å². The van der Waals surface area contributed by atoms with Gasteiger partial charge in [0.15, 0.2) is 5.58 Å². The zero-order valence-electron chi connectivity index (χ0n) is 16.6. The molecule has 2 aliphatic heterocycles. The van der Waals surface area contributed by atoms with Gasteiger partial charge in [0.2, 0.25) is 0 Å². The normalized spacial score (nSPS) is 25.5.